The molecule has 0 aliphatic heterocycles. The number of nitriles is 1. The first-order chi connectivity index (χ1) is 6.76. The van der Waals surface area contributed by atoms with Crippen LogP contribution in [0.5, 0.6) is 0 Å². The quantitative estimate of drug-likeness (QED) is 0.679. The zero-order valence-electron chi connectivity index (χ0n) is 8.90. The molecule has 14 heavy (non-hydrogen) atoms. The molecule has 0 bridgehead atoms. The highest BCUT2D eigenvalue weighted by molar-refractivity contribution is 4.96. The average molecular weight is 199 g/mol. The molecule has 1 aliphatic carbocycles. The summed E-state index contributed by atoms with van der Waals surface area (Å²) in [5.74, 6) is 0.0105. The predicted octanol–water partition coefficient (Wildman–Crippen LogP) is 0.965. The Morgan fingerprint density at radius 2 is 1.50 bits per heavy atom. The fraction of sp³-hybridized carbons (Fsp3) is 0.900. The van der Waals surface area contributed by atoms with E-state index >= 15 is 0 Å². The Morgan fingerprint density at radius 3 is 1.79 bits per heavy atom. The predicted molar refractivity (Wildman–Crippen MR) is 50.7 cm³/mol. The lowest BCUT2D eigenvalue weighted by Crippen LogP contribution is -2.47. The van der Waals surface area contributed by atoms with E-state index in [2.05, 4.69) is 6.07 Å². The average Bonchev–Trinajstić information content (AvgIpc) is 2.26. The molecule has 2 unspecified atom stereocenters. The summed E-state index contributed by atoms with van der Waals surface area (Å²) in [7, 11) is 4.93. The van der Waals surface area contributed by atoms with Gasteiger partial charge in [0.25, 0.3) is 0 Å². The molecule has 0 radical (unpaired) electrons. The highest BCUT2D eigenvalue weighted by Crippen LogP contribution is 2.29. The molecule has 0 amide bonds. The first-order valence-electron chi connectivity index (χ1n) is 4.74. The number of ether oxygens (including phenoxy) is 3. The maximum Gasteiger partial charge on any atom is 0.109 e. The van der Waals surface area contributed by atoms with Crippen molar-refractivity contribution < 1.29 is 14.2 Å². The van der Waals surface area contributed by atoms with Gasteiger partial charge in [-0.25, -0.2) is 0 Å². The van der Waals surface area contributed by atoms with Crippen molar-refractivity contribution in [3.63, 3.8) is 0 Å². The third kappa shape index (κ3) is 2.24. The summed E-state index contributed by atoms with van der Waals surface area (Å²) in [6.07, 6.45) is 1.32. The van der Waals surface area contributed by atoms with Gasteiger partial charge >= 0.3 is 0 Å². The van der Waals surface area contributed by atoms with Crippen molar-refractivity contribution >= 4 is 0 Å². The van der Waals surface area contributed by atoms with Crippen LogP contribution < -0.4 is 0 Å². The maximum atomic E-state index is 8.87. The van der Waals surface area contributed by atoms with Crippen molar-refractivity contribution in [2.75, 3.05) is 21.3 Å². The van der Waals surface area contributed by atoms with Gasteiger partial charge in [0.2, 0.25) is 0 Å². The topological polar surface area (TPSA) is 51.5 Å². The van der Waals surface area contributed by atoms with Gasteiger partial charge in [0, 0.05) is 21.3 Å². The van der Waals surface area contributed by atoms with E-state index in [0.29, 0.717) is 0 Å². The zero-order valence-corrected chi connectivity index (χ0v) is 8.90. The fourth-order valence-corrected chi connectivity index (χ4v) is 2.03. The van der Waals surface area contributed by atoms with Crippen LogP contribution in [0.2, 0.25) is 0 Å². The molecule has 0 saturated heterocycles. The van der Waals surface area contributed by atoms with E-state index in [1.165, 1.54) is 0 Å². The maximum absolute atomic E-state index is 8.87. The largest absolute Gasteiger partial charge is 0.379 e. The van der Waals surface area contributed by atoms with Crippen LogP contribution in [0.4, 0.5) is 0 Å². The van der Waals surface area contributed by atoms with Crippen LogP contribution in [-0.4, -0.2) is 39.6 Å². The van der Waals surface area contributed by atoms with Crippen LogP contribution in [0.25, 0.3) is 0 Å². The Hall–Kier alpha value is -0.630. The van der Waals surface area contributed by atoms with E-state index in [0.717, 1.165) is 12.8 Å². The van der Waals surface area contributed by atoms with E-state index in [-0.39, 0.29) is 24.2 Å². The fourth-order valence-electron chi connectivity index (χ4n) is 2.03. The van der Waals surface area contributed by atoms with Gasteiger partial charge in [0.05, 0.1) is 24.2 Å². The van der Waals surface area contributed by atoms with Crippen LogP contribution in [0.1, 0.15) is 12.8 Å². The number of nitrogens with zero attached hydrogens (tertiary/aromatic N) is 1. The summed E-state index contributed by atoms with van der Waals surface area (Å²) in [6.45, 7) is 0. The van der Waals surface area contributed by atoms with Gasteiger partial charge < -0.3 is 14.2 Å². The zero-order chi connectivity index (χ0) is 10.6. The highest BCUT2D eigenvalue weighted by Gasteiger charge is 2.38. The van der Waals surface area contributed by atoms with Crippen molar-refractivity contribution in [1.82, 2.24) is 0 Å². The van der Waals surface area contributed by atoms with Crippen molar-refractivity contribution in [3.05, 3.63) is 0 Å². The monoisotopic (exact) mass is 199 g/mol. The molecule has 1 saturated carbocycles. The van der Waals surface area contributed by atoms with Crippen LogP contribution in [0.3, 0.4) is 0 Å². The third-order valence-corrected chi connectivity index (χ3v) is 2.83. The van der Waals surface area contributed by atoms with Crippen molar-refractivity contribution in [1.29, 1.82) is 5.26 Å². The standard InChI is InChI=1S/C10H17NO3/c1-12-8-4-7(6-11)5-9(13-2)10(8)14-3/h7-10H,4-5H2,1-3H3. The number of hydrogen-bond acceptors (Lipinski definition) is 4. The molecular formula is C10H17NO3. The van der Waals surface area contributed by atoms with Gasteiger partial charge in [-0.05, 0) is 12.8 Å². The molecule has 1 aliphatic rings. The summed E-state index contributed by atoms with van der Waals surface area (Å²) < 4.78 is 15.9. The molecule has 4 nitrogen and oxygen atoms in total. The Bertz CT molecular complexity index is 200. The second kappa shape index (κ2) is 5.30. The summed E-state index contributed by atoms with van der Waals surface area (Å²) in [6, 6.07) is 2.26. The first kappa shape index (κ1) is 11.4. The lowest BCUT2D eigenvalue weighted by molar-refractivity contribution is -0.135. The smallest absolute Gasteiger partial charge is 0.109 e. The van der Waals surface area contributed by atoms with E-state index in [4.69, 9.17) is 19.5 Å². The van der Waals surface area contributed by atoms with Gasteiger partial charge in [0.15, 0.2) is 0 Å². The number of hydrogen-bond donors (Lipinski definition) is 0. The van der Waals surface area contributed by atoms with Crippen LogP contribution in [-0.2, 0) is 14.2 Å². The summed E-state index contributed by atoms with van der Waals surface area (Å²) >= 11 is 0. The molecule has 4 heteroatoms. The SMILES string of the molecule is COC1CC(C#N)CC(OC)C1OC. The summed E-state index contributed by atoms with van der Waals surface area (Å²) in [5, 5.41) is 8.87. The first-order valence-corrected chi connectivity index (χ1v) is 4.74. The minimum Gasteiger partial charge on any atom is -0.379 e. The number of rotatable bonds is 3. The number of methoxy groups -OCH3 is 3. The molecule has 0 aromatic heterocycles. The van der Waals surface area contributed by atoms with Gasteiger partial charge in [-0.15, -0.1) is 0 Å². The third-order valence-electron chi connectivity index (χ3n) is 2.83. The Labute approximate surface area is 84.8 Å². The molecular weight excluding hydrogens is 182 g/mol. The molecule has 1 fully saturated rings. The molecule has 0 heterocycles. The van der Waals surface area contributed by atoms with Gasteiger partial charge in [-0.3, -0.25) is 0 Å². The van der Waals surface area contributed by atoms with Crippen molar-refractivity contribution in [2.24, 2.45) is 5.92 Å². The second-order valence-electron chi connectivity index (χ2n) is 3.55. The van der Waals surface area contributed by atoms with E-state index in [1.54, 1.807) is 21.3 Å². The Kier molecular flexibility index (Phi) is 4.33. The van der Waals surface area contributed by atoms with Crippen LogP contribution in [0, 0.1) is 17.2 Å². The minimum absolute atomic E-state index is 0.0105. The lowest BCUT2D eigenvalue weighted by Gasteiger charge is -2.37. The molecule has 0 aromatic carbocycles. The second-order valence-corrected chi connectivity index (χ2v) is 3.55. The summed E-state index contributed by atoms with van der Waals surface area (Å²) in [4.78, 5) is 0. The van der Waals surface area contributed by atoms with Crippen molar-refractivity contribution in [3.8, 4) is 6.07 Å². The molecule has 0 aromatic rings. The molecule has 0 N–H and O–H groups in total. The molecule has 1 rings (SSSR count). The molecule has 80 valence electrons. The van der Waals surface area contributed by atoms with Crippen molar-refractivity contribution in [2.45, 2.75) is 31.2 Å². The Morgan fingerprint density at radius 1 is 1.00 bits per heavy atom. The van der Waals surface area contributed by atoms with E-state index in [9.17, 15) is 0 Å². The van der Waals surface area contributed by atoms with Gasteiger partial charge in [0.1, 0.15) is 6.10 Å². The molecule has 0 spiro atoms. The van der Waals surface area contributed by atoms with Crippen LogP contribution in [0.15, 0.2) is 0 Å². The highest BCUT2D eigenvalue weighted by atomic mass is 16.6. The van der Waals surface area contributed by atoms with Crippen LogP contribution >= 0.6 is 0 Å². The minimum atomic E-state index is -0.0606. The summed E-state index contributed by atoms with van der Waals surface area (Å²) in [5.41, 5.74) is 0. The molecule has 2 atom stereocenters. The van der Waals surface area contributed by atoms with E-state index < -0.39 is 0 Å². The van der Waals surface area contributed by atoms with Gasteiger partial charge in [-0.2, -0.15) is 5.26 Å². The lowest BCUT2D eigenvalue weighted by atomic mass is 9.84. The Balaban J connectivity index is 2.69. The van der Waals surface area contributed by atoms with E-state index in [1.807, 2.05) is 0 Å². The van der Waals surface area contributed by atoms with Gasteiger partial charge in [-0.1, -0.05) is 0 Å². The normalized spacial score (nSPS) is 37.9.